The average Bonchev–Trinajstić information content (AvgIpc) is 2.86. The Kier molecular flexibility index (Phi) is 3.82. The largest absolute Gasteiger partial charge is 0.389 e. The molecular weight excluding hydrogens is 284 g/mol. The molecule has 5 nitrogen and oxygen atoms in total. The lowest BCUT2D eigenvalue weighted by molar-refractivity contribution is 0.0957. The van der Waals surface area contributed by atoms with Gasteiger partial charge in [-0.2, -0.15) is 5.10 Å². The Morgan fingerprint density at radius 2 is 2.21 bits per heavy atom. The third-order valence-corrected chi connectivity index (χ3v) is 3.05. The lowest BCUT2D eigenvalue weighted by atomic mass is 10.2. The van der Waals surface area contributed by atoms with Crippen LogP contribution in [0, 0.1) is 0 Å². The number of carbonyl (C=O) groups excluding carboxylic acids is 1. The first-order valence-corrected chi connectivity index (χ1v) is 6.19. The minimum atomic E-state index is -0.266. The van der Waals surface area contributed by atoms with Gasteiger partial charge >= 0.3 is 0 Å². The van der Waals surface area contributed by atoms with Gasteiger partial charge in [-0.05, 0) is 18.2 Å². The van der Waals surface area contributed by atoms with E-state index in [0.29, 0.717) is 22.0 Å². The summed E-state index contributed by atoms with van der Waals surface area (Å²) in [5, 5.41) is 7.12. The highest BCUT2D eigenvalue weighted by atomic mass is 35.5. The summed E-state index contributed by atoms with van der Waals surface area (Å²) in [5.41, 5.74) is 7.14. The number of nitrogens with one attached hydrogen (secondary N) is 1. The van der Waals surface area contributed by atoms with Gasteiger partial charge < -0.3 is 11.1 Å². The van der Waals surface area contributed by atoms with Crippen LogP contribution in [0.15, 0.2) is 30.5 Å². The Balaban J connectivity index is 2.53. The predicted molar refractivity (Wildman–Crippen MR) is 77.9 cm³/mol. The minimum absolute atomic E-state index is 0.178. The number of halogens is 1. The first-order chi connectivity index (χ1) is 9.04. The molecule has 0 aliphatic heterocycles. The van der Waals surface area contributed by atoms with E-state index in [2.05, 4.69) is 10.4 Å². The molecule has 0 unspecified atom stereocenters. The molecule has 1 aromatic heterocycles. The van der Waals surface area contributed by atoms with E-state index in [9.17, 15) is 4.79 Å². The van der Waals surface area contributed by atoms with Crippen LogP contribution in [0.3, 0.4) is 0 Å². The maximum atomic E-state index is 11.5. The molecule has 7 heteroatoms. The number of nitrogens with zero attached hydrogens (tertiary/aromatic N) is 2. The first-order valence-electron chi connectivity index (χ1n) is 5.41. The van der Waals surface area contributed by atoms with Gasteiger partial charge in [-0.3, -0.25) is 4.79 Å². The van der Waals surface area contributed by atoms with E-state index in [1.165, 1.54) is 4.68 Å². The van der Waals surface area contributed by atoms with Crippen molar-refractivity contribution in [1.82, 2.24) is 15.1 Å². The van der Waals surface area contributed by atoms with Crippen LogP contribution in [0.1, 0.15) is 16.1 Å². The molecule has 0 aliphatic carbocycles. The van der Waals surface area contributed by atoms with Gasteiger partial charge in [-0.15, -0.1) is 0 Å². The Hall–Kier alpha value is -1.92. The molecule has 1 amide bonds. The van der Waals surface area contributed by atoms with Crippen molar-refractivity contribution in [3.8, 4) is 5.69 Å². The summed E-state index contributed by atoms with van der Waals surface area (Å²) in [7, 11) is 1.54. The van der Waals surface area contributed by atoms with Crippen molar-refractivity contribution in [3.05, 3.63) is 46.7 Å². The molecule has 0 fully saturated rings. The molecular formula is C12H11ClN4OS. The summed E-state index contributed by atoms with van der Waals surface area (Å²) < 4.78 is 1.52. The second-order valence-electron chi connectivity index (χ2n) is 3.72. The zero-order chi connectivity index (χ0) is 14.0. The number of rotatable bonds is 3. The summed E-state index contributed by atoms with van der Waals surface area (Å²) in [5.74, 6) is -0.266. The lowest BCUT2D eigenvalue weighted by Crippen LogP contribution is -2.19. The van der Waals surface area contributed by atoms with Crippen molar-refractivity contribution in [2.45, 2.75) is 0 Å². The summed E-state index contributed by atoms with van der Waals surface area (Å²) in [6.07, 6.45) is 1.65. The van der Waals surface area contributed by atoms with E-state index in [1.54, 1.807) is 37.5 Å². The fraction of sp³-hybridized carbons (Fsp3) is 0.0833. The number of aromatic nitrogens is 2. The van der Waals surface area contributed by atoms with Crippen LogP contribution in [-0.2, 0) is 0 Å². The standard InChI is InChI=1S/C12H11ClN4OS/c1-15-12(18)8-5-6-17(16-8)9-4-2-3-7(13)10(9)11(14)19/h2-6H,1H3,(H2,14,19)(H,15,18). The smallest absolute Gasteiger partial charge is 0.271 e. The number of nitrogens with two attached hydrogens (primary N) is 1. The van der Waals surface area contributed by atoms with Crippen molar-refractivity contribution in [2.75, 3.05) is 7.05 Å². The fourth-order valence-electron chi connectivity index (χ4n) is 1.65. The third kappa shape index (κ3) is 2.59. The van der Waals surface area contributed by atoms with Crippen LogP contribution in [0.2, 0.25) is 5.02 Å². The molecule has 0 bridgehead atoms. The van der Waals surface area contributed by atoms with Crippen LogP contribution in [0.5, 0.6) is 0 Å². The van der Waals surface area contributed by atoms with Gasteiger partial charge in [0.2, 0.25) is 0 Å². The SMILES string of the molecule is CNC(=O)c1ccn(-c2cccc(Cl)c2C(N)=S)n1. The van der Waals surface area contributed by atoms with E-state index in [-0.39, 0.29) is 10.9 Å². The number of hydrogen-bond acceptors (Lipinski definition) is 3. The molecule has 19 heavy (non-hydrogen) atoms. The van der Waals surface area contributed by atoms with E-state index in [4.69, 9.17) is 29.6 Å². The highest BCUT2D eigenvalue weighted by Gasteiger charge is 2.14. The van der Waals surface area contributed by atoms with Gasteiger partial charge in [-0.25, -0.2) is 4.68 Å². The normalized spacial score (nSPS) is 10.2. The van der Waals surface area contributed by atoms with Crippen LogP contribution in [0.25, 0.3) is 5.69 Å². The van der Waals surface area contributed by atoms with Crippen molar-refractivity contribution in [3.63, 3.8) is 0 Å². The predicted octanol–water partition coefficient (Wildman–Crippen LogP) is 1.52. The van der Waals surface area contributed by atoms with Crippen LogP contribution < -0.4 is 11.1 Å². The van der Waals surface area contributed by atoms with Gasteiger partial charge in [0.1, 0.15) is 4.99 Å². The van der Waals surface area contributed by atoms with E-state index >= 15 is 0 Å². The van der Waals surface area contributed by atoms with Crippen LogP contribution in [0.4, 0.5) is 0 Å². The highest BCUT2D eigenvalue weighted by molar-refractivity contribution is 7.80. The average molecular weight is 295 g/mol. The molecule has 0 spiro atoms. The summed E-state index contributed by atoms with van der Waals surface area (Å²) in [6, 6.07) is 6.84. The van der Waals surface area contributed by atoms with Crippen molar-refractivity contribution >= 4 is 34.7 Å². The molecule has 98 valence electrons. The summed E-state index contributed by atoms with van der Waals surface area (Å²) in [4.78, 5) is 11.7. The monoisotopic (exact) mass is 294 g/mol. The molecule has 2 aromatic rings. The van der Waals surface area contributed by atoms with E-state index in [1.807, 2.05) is 0 Å². The van der Waals surface area contributed by atoms with Crippen molar-refractivity contribution in [2.24, 2.45) is 5.73 Å². The zero-order valence-electron chi connectivity index (χ0n) is 10.1. The summed E-state index contributed by atoms with van der Waals surface area (Å²) >= 11 is 11.1. The molecule has 3 N–H and O–H groups in total. The maximum Gasteiger partial charge on any atom is 0.271 e. The molecule has 0 atom stereocenters. The number of benzene rings is 1. The second-order valence-corrected chi connectivity index (χ2v) is 4.57. The number of carbonyl (C=O) groups is 1. The Labute approximate surface area is 120 Å². The number of thiocarbonyl (C=S) groups is 1. The van der Waals surface area contributed by atoms with Gasteiger partial charge in [-0.1, -0.05) is 29.9 Å². The second kappa shape index (κ2) is 5.38. The maximum absolute atomic E-state index is 11.5. The van der Waals surface area contributed by atoms with Gasteiger partial charge in [0.25, 0.3) is 5.91 Å². The van der Waals surface area contributed by atoms with Gasteiger partial charge in [0.15, 0.2) is 5.69 Å². The van der Waals surface area contributed by atoms with Gasteiger partial charge in [0, 0.05) is 13.2 Å². The Morgan fingerprint density at radius 1 is 1.47 bits per heavy atom. The van der Waals surface area contributed by atoms with Gasteiger partial charge in [0.05, 0.1) is 16.3 Å². The van der Waals surface area contributed by atoms with E-state index < -0.39 is 0 Å². The molecule has 0 aliphatic rings. The van der Waals surface area contributed by atoms with E-state index in [0.717, 1.165) is 0 Å². The molecule has 2 rings (SSSR count). The Bertz CT molecular complexity index is 653. The van der Waals surface area contributed by atoms with Crippen LogP contribution in [-0.4, -0.2) is 27.7 Å². The quantitative estimate of drug-likeness (QED) is 0.842. The molecule has 0 saturated heterocycles. The lowest BCUT2D eigenvalue weighted by Gasteiger charge is -2.09. The minimum Gasteiger partial charge on any atom is -0.389 e. The molecule has 1 heterocycles. The molecule has 0 saturated carbocycles. The zero-order valence-corrected chi connectivity index (χ0v) is 11.6. The highest BCUT2D eigenvalue weighted by Crippen LogP contribution is 2.23. The summed E-state index contributed by atoms with van der Waals surface area (Å²) in [6.45, 7) is 0. The van der Waals surface area contributed by atoms with Crippen molar-refractivity contribution in [1.29, 1.82) is 0 Å². The number of hydrogen-bond donors (Lipinski definition) is 2. The van der Waals surface area contributed by atoms with Crippen molar-refractivity contribution < 1.29 is 4.79 Å². The molecule has 1 aromatic carbocycles. The fourth-order valence-corrected chi connectivity index (χ4v) is 2.20. The first kappa shape index (κ1) is 13.5. The number of amides is 1. The topological polar surface area (TPSA) is 72.9 Å². The molecule has 0 radical (unpaired) electrons. The third-order valence-electron chi connectivity index (χ3n) is 2.53. The van der Waals surface area contributed by atoms with Crippen LogP contribution >= 0.6 is 23.8 Å². The Morgan fingerprint density at radius 3 is 2.84 bits per heavy atom.